The van der Waals surface area contributed by atoms with E-state index < -0.39 is 10.0 Å². The Morgan fingerprint density at radius 3 is 2.21 bits per heavy atom. The summed E-state index contributed by atoms with van der Waals surface area (Å²) in [5.74, 6) is -0.208. The van der Waals surface area contributed by atoms with Crippen LogP contribution < -0.4 is 10.2 Å². The molecule has 1 atom stereocenters. The van der Waals surface area contributed by atoms with Crippen LogP contribution in [0.4, 0.5) is 0 Å². The molecule has 2 aromatic rings. The Bertz CT molecular complexity index is 890. The number of quaternary nitrogens is 1. The molecule has 7 heteroatoms. The molecule has 150 valence electrons. The van der Waals surface area contributed by atoms with Crippen LogP contribution >= 0.6 is 0 Å². The number of amides is 1. The van der Waals surface area contributed by atoms with E-state index in [1.165, 1.54) is 21.3 Å². The molecule has 1 aliphatic rings. The minimum Gasteiger partial charge on any atom is -0.340 e. The molecular weight excluding hydrogens is 374 g/mol. The molecule has 0 radical (unpaired) electrons. The van der Waals surface area contributed by atoms with Crippen molar-refractivity contribution in [3.05, 3.63) is 65.7 Å². The zero-order chi connectivity index (χ0) is 20.1. The van der Waals surface area contributed by atoms with E-state index in [2.05, 4.69) is 5.32 Å². The lowest BCUT2D eigenvalue weighted by atomic mass is 10.1. The zero-order valence-corrected chi connectivity index (χ0v) is 17.2. The zero-order valence-electron chi connectivity index (χ0n) is 16.4. The fourth-order valence-electron chi connectivity index (χ4n) is 3.44. The van der Waals surface area contributed by atoms with Gasteiger partial charge in [-0.1, -0.05) is 30.3 Å². The van der Waals surface area contributed by atoms with Crippen LogP contribution in [0.25, 0.3) is 0 Å². The van der Waals surface area contributed by atoms with Crippen LogP contribution in [-0.4, -0.2) is 52.4 Å². The van der Waals surface area contributed by atoms with Gasteiger partial charge in [-0.2, -0.15) is 4.31 Å². The number of carbonyl (C=O) groups is 1. The molecule has 0 aliphatic carbocycles. The normalized spacial score (nSPS) is 16.2. The molecular formula is C21H28N3O3S+. The Labute approximate surface area is 167 Å². The van der Waals surface area contributed by atoms with E-state index >= 15 is 0 Å². The first kappa shape index (κ1) is 20.5. The highest BCUT2D eigenvalue weighted by Crippen LogP contribution is 2.21. The van der Waals surface area contributed by atoms with Gasteiger partial charge in [0.2, 0.25) is 10.0 Å². The number of rotatable bonds is 7. The summed E-state index contributed by atoms with van der Waals surface area (Å²) in [5, 5.41) is 3.07. The molecule has 1 saturated heterocycles. The highest BCUT2D eigenvalue weighted by atomic mass is 32.2. The summed E-state index contributed by atoms with van der Waals surface area (Å²) in [6.07, 6.45) is 1.79. The number of benzene rings is 2. The van der Waals surface area contributed by atoms with Crippen molar-refractivity contribution in [2.24, 2.45) is 0 Å². The molecule has 1 fully saturated rings. The van der Waals surface area contributed by atoms with Crippen molar-refractivity contribution in [2.45, 2.75) is 23.8 Å². The smallest absolute Gasteiger partial charge is 0.251 e. The fraction of sp³-hybridized carbons (Fsp3) is 0.381. The monoisotopic (exact) mass is 402 g/mol. The van der Waals surface area contributed by atoms with Crippen LogP contribution in [0, 0.1) is 0 Å². The minimum atomic E-state index is -3.46. The lowest BCUT2D eigenvalue weighted by Crippen LogP contribution is -3.06. The molecule has 6 nitrogen and oxygen atoms in total. The van der Waals surface area contributed by atoms with Crippen LogP contribution in [0.3, 0.4) is 0 Å². The number of likely N-dealkylation sites (N-methyl/N-ethyl adjacent to an activating group) is 1. The summed E-state index contributed by atoms with van der Waals surface area (Å²) in [5.41, 5.74) is 1.50. The molecule has 28 heavy (non-hydrogen) atoms. The average molecular weight is 403 g/mol. The van der Waals surface area contributed by atoms with Gasteiger partial charge in [-0.05, 0) is 42.7 Å². The molecule has 1 amide bonds. The van der Waals surface area contributed by atoms with Crippen molar-refractivity contribution in [3.63, 3.8) is 0 Å². The maximum absolute atomic E-state index is 12.7. The third-order valence-corrected chi connectivity index (χ3v) is 6.85. The van der Waals surface area contributed by atoms with Gasteiger partial charge in [0.05, 0.1) is 19.0 Å². The van der Waals surface area contributed by atoms with E-state index in [-0.39, 0.29) is 16.8 Å². The van der Waals surface area contributed by atoms with Gasteiger partial charge >= 0.3 is 0 Å². The Morgan fingerprint density at radius 2 is 1.64 bits per heavy atom. The van der Waals surface area contributed by atoms with Crippen molar-refractivity contribution in [2.75, 3.05) is 33.7 Å². The lowest BCUT2D eigenvalue weighted by Gasteiger charge is -2.21. The number of nitrogens with zero attached hydrogens (tertiary/aromatic N) is 1. The molecule has 0 aromatic heterocycles. The second kappa shape index (κ2) is 8.86. The molecule has 0 bridgehead atoms. The lowest BCUT2D eigenvalue weighted by molar-refractivity contribution is -0.860. The van der Waals surface area contributed by atoms with E-state index in [1.54, 1.807) is 12.1 Å². The van der Waals surface area contributed by atoms with E-state index in [9.17, 15) is 13.2 Å². The maximum Gasteiger partial charge on any atom is 0.251 e. The van der Waals surface area contributed by atoms with Crippen LogP contribution in [0.1, 0.15) is 34.8 Å². The molecule has 2 N–H and O–H groups in total. The van der Waals surface area contributed by atoms with Crippen LogP contribution in [0.2, 0.25) is 0 Å². The summed E-state index contributed by atoms with van der Waals surface area (Å²) in [6.45, 7) is 1.88. The highest BCUT2D eigenvalue weighted by Gasteiger charge is 2.27. The van der Waals surface area contributed by atoms with Gasteiger partial charge in [-0.15, -0.1) is 0 Å². The standard InChI is InChI=1S/C21H27N3O3S/c1-23(2)16-20(17-8-4-3-5-9-17)22-21(25)18-10-12-19(13-11-18)28(26,27)24-14-6-7-15-24/h3-5,8-13,20H,6-7,14-16H2,1-2H3,(H,22,25)/p+1/t20-/m1/s1. The van der Waals surface area contributed by atoms with Crippen LogP contribution in [-0.2, 0) is 10.0 Å². The summed E-state index contributed by atoms with van der Waals surface area (Å²) >= 11 is 0. The van der Waals surface area contributed by atoms with Crippen molar-refractivity contribution >= 4 is 15.9 Å². The number of hydrogen-bond acceptors (Lipinski definition) is 3. The Balaban J connectivity index is 1.74. The van der Waals surface area contributed by atoms with Crippen molar-refractivity contribution < 1.29 is 18.1 Å². The first-order chi connectivity index (χ1) is 13.4. The van der Waals surface area contributed by atoms with Gasteiger partial charge < -0.3 is 10.2 Å². The summed E-state index contributed by atoms with van der Waals surface area (Å²) in [4.78, 5) is 14.2. The summed E-state index contributed by atoms with van der Waals surface area (Å²) in [6, 6.07) is 16.0. The average Bonchev–Trinajstić information content (AvgIpc) is 3.23. The Morgan fingerprint density at radius 1 is 1.04 bits per heavy atom. The van der Waals surface area contributed by atoms with Crippen molar-refractivity contribution in [1.82, 2.24) is 9.62 Å². The van der Waals surface area contributed by atoms with E-state index in [1.807, 2.05) is 44.4 Å². The van der Waals surface area contributed by atoms with Gasteiger partial charge in [0, 0.05) is 18.7 Å². The Kier molecular flexibility index (Phi) is 6.49. The number of sulfonamides is 1. The van der Waals surface area contributed by atoms with Gasteiger partial charge in [-0.25, -0.2) is 8.42 Å². The molecule has 2 aromatic carbocycles. The van der Waals surface area contributed by atoms with Crippen LogP contribution in [0.15, 0.2) is 59.5 Å². The third kappa shape index (κ3) is 4.79. The number of carbonyl (C=O) groups excluding carboxylic acids is 1. The molecule has 1 aliphatic heterocycles. The van der Waals surface area contributed by atoms with Crippen molar-refractivity contribution in [3.8, 4) is 0 Å². The highest BCUT2D eigenvalue weighted by molar-refractivity contribution is 7.89. The largest absolute Gasteiger partial charge is 0.340 e. The first-order valence-electron chi connectivity index (χ1n) is 9.63. The summed E-state index contributed by atoms with van der Waals surface area (Å²) in [7, 11) is 0.619. The predicted octanol–water partition coefficient (Wildman–Crippen LogP) is 1.09. The van der Waals surface area contributed by atoms with Gasteiger partial charge in [-0.3, -0.25) is 4.79 Å². The van der Waals surface area contributed by atoms with Crippen molar-refractivity contribution in [1.29, 1.82) is 0 Å². The number of nitrogens with one attached hydrogen (secondary N) is 2. The SMILES string of the molecule is C[NH+](C)C[C@@H](NC(=O)c1ccc(S(=O)(=O)N2CCCC2)cc1)c1ccccc1. The third-order valence-electron chi connectivity index (χ3n) is 4.94. The number of hydrogen-bond donors (Lipinski definition) is 2. The van der Waals surface area contributed by atoms with Gasteiger partial charge in [0.15, 0.2) is 0 Å². The molecule has 0 unspecified atom stereocenters. The van der Waals surface area contributed by atoms with E-state index in [4.69, 9.17) is 0 Å². The molecule has 3 rings (SSSR count). The molecule has 1 heterocycles. The second-order valence-electron chi connectivity index (χ2n) is 7.48. The second-order valence-corrected chi connectivity index (χ2v) is 9.42. The predicted molar refractivity (Wildman–Crippen MR) is 109 cm³/mol. The quantitative estimate of drug-likeness (QED) is 0.728. The Hall–Kier alpha value is -2.22. The molecule has 0 saturated carbocycles. The van der Waals surface area contributed by atoms with Gasteiger partial charge in [0.25, 0.3) is 5.91 Å². The van der Waals surface area contributed by atoms with Crippen LogP contribution in [0.5, 0.6) is 0 Å². The van der Waals surface area contributed by atoms with E-state index in [0.717, 1.165) is 24.9 Å². The first-order valence-corrected chi connectivity index (χ1v) is 11.1. The summed E-state index contributed by atoms with van der Waals surface area (Å²) < 4.78 is 26.8. The molecule has 0 spiro atoms. The topological polar surface area (TPSA) is 70.9 Å². The van der Waals surface area contributed by atoms with E-state index in [0.29, 0.717) is 18.7 Å². The van der Waals surface area contributed by atoms with Gasteiger partial charge in [0.1, 0.15) is 12.6 Å². The minimum absolute atomic E-state index is 0.119. The fourth-order valence-corrected chi connectivity index (χ4v) is 4.96. The maximum atomic E-state index is 12.7.